The number of benzene rings is 1. The summed E-state index contributed by atoms with van der Waals surface area (Å²) in [5, 5.41) is 11.2. The average Bonchev–Trinajstić information content (AvgIpc) is 3.24. The van der Waals surface area contributed by atoms with E-state index in [0.29, 0.717) is 12.1 Å². The van der Waals surface area contributed by atoms with Crippen molar-refractivity contribution in [2.24, 2.45) is 0 Å². The van der Waals surface area contributed by atoms with E-state index < -0.39 is 17.7 Å². The fourth-order valence-electron chi connectivity index (χ4n) is 4.33. The van der Waals surface area contributed by atoms with Gasteiger partial charge in [-0.05, 0) is 48.4 Å². The number of fused-ring (bicyclic) bond motifs is 1. The Balaban J connectivity index is 1.76. The van der Waals surface area contributed by atoms with E-state index in [1.165, 1.54) is 4.90 Å². The Morgan fingerprint density at radius 1 is 1.23 bits per heavy atom. The minimum atomic E-state index is -0.651. The van der Waals surface area contributed by atoms with Crippen LogP contribution in [0.5, 0.6) is 5.75 Å². The van der Waals surface area contributed by atoms with Crippen LogP contribution in [0.25, 0.3) is 5.76 Å². The number of likely N-dealkylation sites (tertiary alicyclic amines) is 1. The highest BCUT2D eigenvalue weighted by Crippen LogP contribution is 2.40. The molecule has 2 N–H and O–H groups in total. The zero-order valence-electron chi connectivity index (χ0n) is 18.1. The molecule has 31 heavy (non-hydrogen) atoms. The topological polar surface area (TPSA) is 84.2 Å². The number of aliphatic hydroxyl groups is 1. The van der Waals surface area contributed by atoms with Crippen molar-refractivity contribution in [3.05, 3.63) is 65.0 Å². The number of Topliss-reactive ketones (excluding diaryl/α,β-unsaturated/α-hetero) is 1. The molecule has 2 aliphatic heterocycles. The third-order valence-corrected chi connectivity index (χ3v) is 5.81. The molecule has 2 atom stereocenters. The Kier molecular flexibility index (Phi) is 5.78. The van der Waals surface area contributed by atoms with Crippen molar-refractivity contribution in [3.8, 4) is 5.75 Å². The second kappa shape index (κ2) is 8.51. The second-order valence-electron chi connectivity index (χ2n) is 8.54. The fourth-order valence-corrected chi connectivity index (χ4v) is 4.33. The number of carbonyl (C=O) groups excluding carboxylic acids is 2. The molecule has 1 aromatic heterocycles. The van der Waals surface area contributed by atoms with Crippen LogP contribution in [-0.4, -0.2) is 60.0 Å². The molecule has 0 radical (unpaired) electrons. The first-order chi connectivity index (χ1) is 14.9. The molecule has 0 bridgehead atoms. The van der Waals surface area contributed by atoms with Crippen molar-refractivity contribution < 1.29 is 24.3 Å². The van der Waals surface area contributed by atoms with Crippen LogP contribution in [0.1, 0.15) is 36.1 Å². The van der Waals surface area contributed by atoms with E-state index in [0.717, 1.165) is 36.3 Å². The van der Waals surface area contributed by atoms with Gasteiger partial charge in [-0.2, -0.15) is 0 Å². The Morgan fingerprint density at radius 2 is 1.97 bits per heavy atom. The molecule has 0 spiro atoms. The number of hydrogen-bond donors (Lipinski definition) is 2. The lowest BCUT2D eigenvalue weighted by Crippen LogP contribution is -3.05. The molecule has 3 heterocycles. The monoisotopic (exact) mass is 422 g/mol. The summed E-state index contributed by atoms with van der Waals surface area (Å²) >= 11 is 0. The maximum Gasteiger partial charge on any atom is 0.295 e. The Labute approximate surface area is 182 Å². The molecule has 162 valence electrons. The number of hydrogen-bond acceptors (Lipinski definition) is 5. The molecule has 7 nitrogen and oxygen atoms in total. The maximum absolute atomic E-state index is 13.0. The molecule has 0 aliphatic carbocycles. The largest absolute Gasteiger partial charge is 0.507 e. The quantitative estimate of drug-likeness (QED) is 0.417. The number of aromatic nitrogens is 1. The van der Waals surface area contributed by atoms with Crippen LogP contribution in [0, 0.1) is 0 Å². The van der Waals surface area contributed by atoms with Crippen LogP contribution in [0.3, 0.4) is 0 Å². The molecule has 0 unspecified atom stereocenters. The highest BCUT2D eigenvalue weighted by atomic mass is 16.5. The lowest BCUT2D eigenvalue weighted by atomic mass is 9.95. The number of nitrogens with zero attached hydrogens (tertiary/aromatic N) is 2. The van der Waals surface area contributed by atoms with Crippen LogP contribution in [-0.2, 0) is 16.0 Å². The summed E-state index contributed by atoms with van der Waals surface area (Å²) in [4.78, 5) is 32.9. The number of pyridine rings is 1. The minimum absolute atomic E-state index is 0.0774. The number of ether oxygens (including phenoxy) is 1. The van der Waals surface area contributed by atoms with Gasteiger partial charge >= 0.3 is 0 Å². The van der Waals surface area contributed by atoms with Gasteiger partial charge in [-0.25, -0.2) is 0 Å². The third-order valence-electron chi connectivity index (χ3n) is 5.81. The standard InChI is InChI=1S/C24H27N3O4/c1-15-13-18-14-17(5-6-19(18)31-15)22(28)20-21(16-7-9-25-10-8-16)27(24(30)23(20)29)12-4-11-26(2)3/h5-10,14-15,21,28H,4,11-13H2,1-3H3/p+1/t15-,21-/m1/s1. The molecule has 2 aliphatic rings. The van der Waals surface area contributed by atoms with Gasteiger partial charge in [0.2, 0.25) is 0 Å². The van der Waals surface area contributed by atoms with Gasteiger partial charge in [0.1, 0.15) is 17.6 Å². The van der Waals surface area contributed by atoms with Gasteiger partial charge in [0.05, 0.1) is 32.3 Å². The fraction of sp³-hybridized carbons (Fsp3) is 0.375. The molecule has 2 aromatic rings. The molecule has 4 rings (SSSR count). The lowest BCUT2D eigenvalue weighted by Gasteiger charge is -2.25. The summed E-state index contributed by atoms with van der Waals surface area (Å²) in [6.07, 6.45) is 4.84. The van der Waals surface area contributed by atoms with Gasteiger partial charge in [0.15, 0.2) is 0 Å². The summed E-state index contributed by atoms with van der Waals surface area (Å²) in [5.41, 5.74) is 2.39. The van der Waals surface area contributed by atoms with Gasteiger partial charge in [-0.3, -0.25) is 14.6 Å². The average molecular weight is 423 g/mol. The first-order valence-corrected chi connectivity index (χ1v) is 10.6. The Bertz CT molecular complexity index is 1030. The third kappa shape index (κ3) is 4.05. The van der Waals surface area contributed by atoms with Gasteiger partial charge < -0.3 is 19.6 Å². The molecular weight excluding hydrogens is 394 g/mol. The van der Waals surface area contributed by atoms with Crippen molar-refractivity contribution in [3.63, 3.8) is 0 Å². The molecule has 1 amide bonds. The lowest BCUT2D eigenvalue weighted by molar-refractivity contribution is -0.858. The number of quaternary nitrogens is 1. The van der Waals surface area contributed by atoms with Crippen LogP contribution in [0.2, 0.25) is 0 Å². The minimum Gasteiger partial charge on any atom is -0.507 e. The van der Waals surface area contributed by atoms with E-state index >= 15 is 0 Å². The van der Waals surface area contributed by atoms with Gasteiger partial charge in [-0.15, -0.1) is 0 Å². The molecule has 1 saturated heterocycles. The SMILES string of the molecule is C[C@@H]1Cc2cc(C(O)=C3C(=O)C(=O)N(CCC[NH+](C)C)[C@@H]3c3ccncc3)ccc2O1. The van der Waals surface area contributed by atoms with Crippen LogP contribution < -0.4 is 9.64 Å². The van der Waals surface area contributed by atoms with E-state index in [1.54, 1.807) is 35.5 Å². The van der Waals surface area contributed by atoms with Crippen LogP contribution in [0.15, 0.2) is 48.3 Å². The highest BCUT2D eigenvalue weighted by Gasteiger charge is 2.45. The zero-order chi connectivity index (χ0) is 22.1. The number of aliphatic hydroxyl groups excluding tert-OH is 1. The van der Waals surface area contributed by atoms with Crippen molar-refractivity contribution in [2.75, 3.05) is 27.2 Å². The molecule has 0 saturated carbocycles. The number of ketones is 1. The van der Waals surface area contributed by atoms with E-state index in [-0.39, 0.29) is 17.4 Å². The summed E-state index contributed by atoms with van der Waals surface area (Å²) in [7, 11) is 4.10. The van der Waals surface area contributed by atoms with Crippen LogP contribution in [0.4, 0.5) is 0 Å². The van der Waals surface area contributed by atoms with Crippen LogP contribution >= 0.6 is 0 Å². The highest BCUT2D eigenvalue weighted by molar-refractivity contribution is 6.46. The van der Waals surface area contributed by atoms with Crippen molar-refractivity contribution in [1.29, 1.82) is 0 Å². The summed E-state index contributed by atoms with van der Waals surface area (Å²) in [6.45, 7) is 3.30. The van der Waals surface area contributed by atoms with Gasteiger partial charge in [-0.1, -0.05) is 0 Å². The van der Waals surface area contributed by atoms with Crippen molar-refractivity contribution in [1.82, 2.24) is 9.88 Å². The number of nitrogens with one attached hydrogen (secondary N) is 1. The molecule has 7 heteroatoms. The first-order valence-electron chi connectivity index (χ1n) is 10.6. The number of rotatable bonds is 6. The van der Waals surface area contributed by atoms with Crippen molar-refractivity contribution >= 4 is 17.4 Å². The van der Waals surface area contributed by atoms with E-state index in [1.807, 2.05) is 33.2 Å². The van der Waals surface area contributed by atoms with E-state index in [2.05, 4.69) is 4.98 Å². The smallest absolute Gasteiger partial charge is 0.295 e. The number of carbonyl (C=O) groups is 2. The summed E-state index contributed by atoms with van der Waals surface area (Å²) < 4.78 is 5.74. The summed E-state index contributed by atoms with van der Waals surface area (Å²) in [5.74, 6) is -0.582. The normalized spacial score (nSPS) is 22.1. The van der Waals surface area contributed by atoms with E-state index in [4.69, 9.17) is 4.74 Å². The Hall–Kier alpha value is -3.19. The number of amides is 1. The predicted octanol–water partition coefficient (Wildman–Crippen LogP) is 1.36. The molecular formula is C24H28N3O4+. The second-order valence-corrected chi connectivity index (χ2v) is 8.54. The molecule has 1 aromatic carbocycles. The van der Waals surface area contributed by atoms with Gasteiger partial charge in [0.25, 0.3) is 11.7 Å². The maximum atomic E-state index is 13.0. The van der Waals surface area contributed by atoms with Crippen molar-refractivity contribution in [2.45, 2.75) is 31.9 Å². The summed E-state index contributed by atoms with van der Waals surface area (Å²) in [6, 6.07) is 8.33. The van der Waals surface area contributed by atoms with Gasteiger partial charge in [0, 0.05) is 37.3 Å². The Morgan fingerprint density at radius 3 is 2.68 bits per heavy atom. The molecule has 1 fully saturated rings. The first kappa shape index (κ1) is 21.1. The van der Waals surface area contributed by atoms with E-state index in [9.17, 15) is 14.7 Å². The predicted molar refractivity (Wildman–Crippen MR) is 116 cm³/mol. The zero-order valence-corrected chi connectivity index (χ0v) is 18.1.